The van der Waals surface area contributed by atoms with Crippen molar-refractivity contribution in [3.05, 3.63) is 77.4 Å². The molecule has 0 aromatic heterocycles. The van der Waals surface area contributed by atoms with Crippen molar-refractivity contribution in [2.75, 3.05) is 20.8 Å². The average Bonchev–Trinajstić information content (AvgIpc) is 3.33. The monoisotopic (exact) mass is 635 g/mol. The Morgan fingerprint density at radius 2 is 1.41 bits per heavy atom. The third-order valence-corrected chi connectivity index (χ3v) is 6.41. The van der Waals surface area contributed by atoms with Crippen LogP contribution in [0.5, 0.6) is 17.2 Å². The minimum absolute atomic E-state index is 0.240. The second kappa shape index (κ2) is 17.3. The van der Waals surface area contributed by atoms with E-state index in [-0.39, 0.29) is 12.2 Å². The summed E-state index contributed by atoms with van der Waals surface area (Å²) in [6.07, 6.45) is 5.57. The predicted molar refractivity (Wildman–Crippen MR) is 168 cm³/mol. The number of carbonyl (C=O) groups excluding carboxylic acids is 4. The van der Waals surface area contributed by atoms with Crippen LogP contribution in [0.3, 0.4) is 0 Å². The first-order valence-electron chi connectivity index (χ1n) is 14.3. The standard InChI is InChI=1S/C34H37NO11/c1-7-26(9-8-16-35-33-32(44-23(4)38)31(43-22(3)37)30(46-33)20-42-21(2)36)34(39)45-27-14-12-24(13-15-27)10-11-25-17-28(40-5)19-29(18-25)41-6/h7-19,30-33H,20H2,1-6H3/b9-8-,11-10+,26-7+,35-16?/t30-,31-,32-,33-/m1/s1. The Morgan fingerprint density at radius 1 is 0.804 bits per heavy atom. The Hall–Kier alpha value is -5.23. The summed E-state index contributed by atoms with van der Waals surface area (Å²) in [5, 5.41) is 0. The first kappa shape index (κ1) is 35.3. The number of hydrogen-bond donors (Lipinski definition) is 0. The molecule has 1 aliphatic rings. The Bertz CT molecular complexity index is 1490. The van der Waals surface area contributed by atoms with Crippen molar-refractivity contribution in [1.82, 2.24) is 0 Å². The first-order valence-corrected chi connectivity index (χ1v) is 14.3. The summed E-state index contributed by atoms with van der Waals surface area (Å²) < 4.78 is 37.5. The van der Waals surface area contributed by atoms with Gasteiger partial charge in [0.1, 0.15) is 30.0 Å². The number of allylic oxidation sites excluding steroid dienone is 2. The van der Waals surface area contributed by atoms with E-state index in [1.54, 1.807) is 45.4 Å². The minimum atomic E-state index is -1.09. The van der Waals surface area contributed by atoms with Gasteiger partial charge in [-0.15, -0.1) is 0 Å². The molecule has 1 heterocycles. The predicted octanol–water partition coefficient (Wildman–Crippen LogP) is 4.50. The molecule has 0 N–H and O–H groups in total. The molecule has 2 aromatic rings. The molecule has 0 saturated carbocycles. The lowest BCUT2D eigenvalue weighted by Crippen LogP contribution is -2.41. The number of methoxy groups -OCH3 is 2. The van der Waals surface area contributed by atoms with Gasteiger partial charge >= 0.3 is 23.9 Å². The number of nitrogens with zero attached hydrogens (tertiary/aromatic N) is 1. The lowest BCUT2D eigenvalue weighted by molar-refractivity contribution is -0.165. The van der Waals surface area contributed by atoms with Crippen molar-refractivity contribution in [3.8, 4) is 17.2 Å². The molecule has 0 unspecified atom stereocenters. The van der Waals surface area contributed by atoms with Crippen LogP contribution in [-0.4, -0.2) is 75.5 Å². The molecule has 244 valence electrons. The lowest BCUT2D eigenvalue weighted by atomic mass is 10.1. The van der Waals surface area contributed by atoms with E-state index in [4.69, 9.17) is 33.2 Å². The molecule has 12 nitrogen and oxygen atoms in total. The SMILES string of the molecule is C/C=C(\C=C/C=N[C@@H]1O[C@H](COC(C)=O)[C@@H](OC(C)=O)[C@H]1OC(C)=O)C(=O)Oc1ccc(/C=C/c2cc(OC)cc(OC)c2)cc1. The van der Waals surface area contributed by atoms with Gasteiger partial charge in [-0.05, 0) is 54.5 Å². The highest BCUT2D eigenvalue weighted by atomic mass is 16.7. The largest absolute Gasteiger partial charge is 0.497 e. The number of ether oxygens (including phenoxy) is 7. The van der Waals surface area contributed by atoms with E-state index in [2.05, 4.69) is 4.99 Å². The molecule has 12 heteroatoms. The van der Waals surface area contributed by atoms with Crippen LogP contribution in [0.4, 0.5) is 0 Å². The van der Waals surface area contributed by atoms with Gasteiger partial charge in [-0.3, -0.25) is 19.4 Å². The van der Waals surface area contributed by atoms with Crippen molar-refractivity contribution in [2.24, 2.45) is 4.99 Å². The summed E-state index contributed by atoms with van der Waals surface area (Å²) >= 11 is 0. The van der Waals surface area contributed by atoms with Crippen LogP contribution in [0.25, 0.3) is 12.2 Å². The van der Waals surface area contributed by atoms with Crippen LogP contribution in [0.15, 0.2) is 71.3 Å². The summed E-state index contributed by atoms with van der Waals surface area (Å²) in [6.45, 7) is 5.05. The van der Waals surface area contributed by atoms with Crippen molar-refractivity contribution in [3.63, 3.8) is 0 Å². The molecule has 0 radical (unpaired) electrons. The Morgan fingerprint density at radius 3 is 1.98 bits per heavy atom. The van der Waals surface area contributed by atoms with E-state index in [9.17, 15) is 19.2 Å². The van der Waals surface area contributed by atoms with Crippen molar-refractivity contribution in [2.45, 2.75) is 52.2 Å². The molecule has 1 fully saturated rings. The number of hydrogen-bond acceptors (Lipinski definition) is 12. The van der Waals surface area contributed by atoms with E-state index in [0.717, 1.165) is 11.1 Å². The lowest BCUT2D eigenvalue weighted by Gasteiger charge is -2.22. The number of rotatable bonds is 13. The molecule has 4 atom stereocenters. The fraction of sp³-hybridized carbons (Fsp3) is 0.324. The highest BCUT2D eigenvalue weighted by Crippen LogP contribution is 2.29. The fourth-order valence-electron chi connectivity index (χ4n) is 4.31. The Kier molecular flexibility index (Phi) is 13.3. The quantitative estimate of drug-likeness (QED) is 0.0583. The van der Waals surface area contributed by atoms with Gasteiger partial charge in [0, 0.05) is 33.1 Å². The normalized spacial score (nSPS) is 19.7. The van der Waals surface area contributed by atoms with Gasteiger partial charge < -0.3 is 33.2 Å². The van der Waals surface area contributed by atoms with Crippen LogP contribution < -0.4 is 14.2 Å². The van der Waals surface area contributed by atoms with Gasteiger partial charge in [-0.2, -0.15) is 0 Å². The summed E-state index contributed by atoms with van der Waals surface area (Å²) in [7, 11) is 3.18. The summed E-state index contributed by atoms with van der Waals surface area (Å²) in [4.78, 5) is 51.8. The molecule has 0 amide bonds. The molecule has 1 saturated heterocycles. The van der Waals surface area contributed by atoms with Gasteiger partial charge in [-0.25, -0.2) is 4.79 Å². The van der Waals surface area contributed by atoms with Crippen LogP contribution in [-0.2, 0) is 38.1 Å². The molecular formula is C34H37NO11. The first-order chi connectivity index (χ1) is 22.0. The van der Waals surface area contributed by atoms with Crippen molar-refractivity contribution >= 4 is 42.2 Å². The van der Waals surface area contributed by atoms with E-state index >= 15 is 0 Å². The zero-order valence-corrected chi connectivity index (χ0v) is 26.5. The summed E-state index contributed by atoms with van der Waals surface area (Å²) in [5.41, 5.74) is 2.03. The van der Waals surface area contributed by atoms with E-state index in [1.165, 1.54) is 39.1 Å². The third-order valence-electron chi connectivity index (χ3n) is 6.41. The third kappa shape index (κ3) is 10.7. The Labute approximate surface area is 267 Å². The van der Waals surface area contributed by atoms with Gasteiger partial charge in [0.2, 0.25) is 0 Å². The highest BCUT2D eigenvalue weighted by Gasteiger charge is 2.49. The van der Waals surface area contributed by atoms with Gasteiger partial charge in [0.05, 0.1) is 19.8 Å². The number of carbonyl (C=O) groups is 4. The molecule has 0 spiro atoms. The van der Waals surface area contributed by atoms with E-state index in [0.29, 0.717) is 17.2 Å². The van der Waals surface area contributed by atoms with Gasteiger partial charge in [-0.1, -0.05) is 30.4 Å². The van der Waals surface area contributed by atoms with Gasteiger partial charge in [0.25, 0.3) is 0 Å². The second-order valence-corrected chi connectivity index (χ2v) is 9.85. The number of aliphatic imine (C=N–C) groups is 1. The second-order valence-electron chi connectivity index (χ2n) is 9.85. The van der Waals surface area contributed by atoms with Crippen LogP contribution in [0, 0.1) is 0 Å². The summed E-state index contributed by atoms with van der Waals surface area (Å²) in [6, 6.07) is 12.5. The zero-order valence-electron chi connectivity index (χ0n) is 26.5. The van der Waals surface area contributed by atoms with E-state index in [1.807, 2.05) is 36.4 Å². The number of esters is 4. The summed E-state index contributed by atoms with van der Waals surface area (Å²) in [5.74, 6) is -0.728. The van der Waals surface area contributed by atoms with Gasteiger partial charge in [0.15, 0.2) is 18.4 Å². The minimum Gasteiger partial charge on any atom is -0.497 e. The molecule has 46 heavy (non-hydrogen) atoms. The zero-order chi connectivity index (χ0) is 33.6. The smallest absolute Gasteiger partial charge is 0.343 e. The van der Waals surface area contributed by atoms with Crippen molar-refractivity contribution in [1.29, 1.82) is 0 Å². The maximum absolute atomic E-state index is 12.8. The number of benzene rings is 2. The molecule has 2 aromatic carbocycles. The fourth-order valence-corrected chi connectivity index (χ4v) is 4.31. The average molecular weight is 636 g/mol. The Balaban J connectivity index is 1.64. The molecule has 3 rings (SSSR count). The molecular weight excluding hydrogens is 598 g/mol. The van der Waals surface area contributed by atoms with Crippen molar-refractivity contribution < 1.29 is 52.3 Å². The highest BCUT2D eigenvalue weighted by molar-refractivity contribution is 5.94. The topological polar surface area (TPSA) is 145 Å². The molecule has 0 bridgehead atoms. The van der Waals surface area contributed by atoms with Crippen LogP contribution >= 0.6 is 0 Å². The van der Waals surface area contributed by atoms with Crippen LogP contribution in [0.1, 0.15) is 38.8 Å². The van der Waals surface area contributed by atoms with E-state index < -0.39 is 48.4 Å². The molecule has 0 aliphatic carbocycles. The molecule has 1 aliphatic heterocycles. The maximum Gasteiger partial charge on any atom is 0.343 e. The van der Waals surface area contributed by atoms with Crippen LogP contribution in [0.2, 0.25) is 0 Å². The maximum atomic E-state index is 12.8.